The molecular formula is C14H20Cl2N2. The third-order valence-electron chi connectivity index (χ3n) is 3.43. The average molecular weight is 287 g/mol. The van der Waals surface area contributed by atoms with Crippen LogP contribution in [0.4, 0.5) is 0 Å². The van der Waals surface area contributed by atoms with E-state index in [0.29, 0.717) is 6.04 Å². The van der Waals surface area contributed by atoms with E-state index in [1.807, 2.05) is 18.2 Å². The first-order valence-corrected chi connectivity index (χ1v) is 7.27. The second kappa shape index (κ2) is 6.76. The molecule has 1 unspecified atom stereocenters. The number of likely N-dealkylation sites (N-methyl/N-ethyl adjacent to an activating group) is 1. The van der Waals surface area contributed by atoms with Gasteiger partial charge in [0, 0.05) is 34.7 Å². The van der Waals surface area contributed by atoms with Gasteiger partial charge in [-0.05, 0) is 38.6 Å². The molecule has 1 aliphatic heterocycles. The van der Waals surface area contributed by atoms with Crippen LogP contribution in [0.2, 0.25) is 10.0 Å². The van der Waals surface area contributed by atoms with Gasteiger partial charge in [-0.2, -0.15) is 0 Å². The van der Waals surface area contributed by atoms with E-state index < -0.39 is 0 Å². The summed E-state index contributed by atoms with van der Waals surface area (Å²) in [4.78, 5) is 2.29. The number of nitrogens with zero attached hydrogens (tertiary/aromatic N) is 1. The predicted octanol–water partition coefficient (Wildman–Crippen LogP) is 3.57. The van der Waals surface area contributed by atoms with Gasteiger partial charge in [0.1, 0.15) is 0 Å². The van der Waals surface area contributed by atoms with E-state index in [0.717, 1.165) is 35.2 Å². The lowest BCUT2D eigenvalue weighted by Gasteiger charge is -2.28. The van der Waals surface area contributed by atoms with E-state index in [2.05, 4.69) is 17.3 Å². The Kier molecular flexibility index (Phi) is 5.31. The zero-order valence-corrected chi connectivity index (χ0v) is 12.3. The molecule has 0 saturated carbocycles. The molecule has 1 aromatic carbocycles. The van der Waals surface area contributed by atoms with Crippen molar-refractivity contribution in [3.8, 4) is 0 Å². The fourth-order valence-electron chi connectivity index (χ4n) is 2.47. The normalized spacial score (nSPS) is 20.3. The van der Waals surface area contributed by atoms with Crippen LogP contribution >= 0.6 is 23.2 Å². The average Bonchev–Trinajstić information content (AvgIpc) is 2.35. The number of rotatable bonds is 4. The molecule has 2 rings (SSSR count). The number of benzene rings is 1. The van der Waals surface area contributed by atoms with Gasteiger partial charge >= 0.3 is 0 Å². The van der Waals surface area contributed by atoms with Crippen LogP contribution in [0.15, 0.2) is 18.2 Å². The molecule has 1 atom stereocenters. The molecule has 18 heavy (non-hydrogen) atoms. The van der Waals surface area contributed by atoms with Crippen molar-refractivity contribution in [3.05, 3.63) is 33.8 Å². The SMILES string of the molecule is CN(Cc1c(Cl)cccc1Cl)CC1CCCCN1. The number of halogens is 2. The van der Waals surface area contributed by atoms with Crippen LogP contribution in [-0.2, 0) is 6.54 Å². The van der Waals surface area contributed by atoms with Crippen LogP contribution < -0.4 is 5.32 Å². The summed E-state index contributed by atoms with van der Waals surface area (Å²) in [6.45, 7) is 2.99. The maximum atomic E-state index is 6.19. The minimum Gasteiger partial charge on any atom is -0.313 e. The molecule has 0 bridgehead atoms. The lowest BCUT2D eigenvalue weighted by atomic mass is 10.0. The summed E-state index contributed by atoms with van der Waals surface area (Å²) >= 11 is 12.4. The summed E-state index contributed by atoms with van der Waals surface area (Å²) in [7, 11) is 2.12. The molecule has 0 spiro atoms. The molecule has 1 N–H and O–H groups in total. The summed E-state index contributed by atoms with van der Waals surface area (Å²) < 4.78 is 0. The highest BCUT2D eigenvalue weighted by Gasteiger charge is 2.16. The van der Waals surface area contributed by atoms with Crippen LogP contribution in [0, 0.1) is 0 Å². The topological polar surface area (TPSA) is 15.3 Å². The zero-order valence-electron chi connectivity index (χ0n) is 10.8. The van der Waals surface area contributed by atoms with Crippen molar-refractivity contribution in [3.63, 3.8) is 0 Å². The standard InChI is InChI=1S/C14H20Cl2N2/c1-18(9-11-5-2-3-8-17-11)10-12-13(15)6-4-7-14(12)16/h4,6-7,11,17H,2-3,5,8-10H2,1H3. The summed E-state index contributed by atoms with van der Waals surface area (Å²) in [5.41, 5.74) is 1.03. The van der Waals surface area contributed by atoms with E-state index in [-0.39, 0.29) is 0 Å². The quantitative estimate of drug-likeness (QED) is 0.910. The summed E-state index contributed by atoms with van der Waals surface area (Å²) in [6, 6.07) is 6.28. The molecule has 1 aromatic rings. The lowest BCUT2D eigenvalue weighted by Crippen LogP contribution is -2.42. The Bertz CT molecular complexity index is 369. The van der Waals surface area contributed by atoms with Crippen molar-refractivity contribution in [1.82, 2.24) is 10.2 Å². The third kappa shape index (κ3) is 3.86. The minimum absolute atomic E-state index is 0.602. The third-order valence-corrected chi connectivity index (χ3v) is 4.14. The highest BCUT2D eigenvalue weighted by molar-refractivity contribution is 6.35. The van der Waals surface area contributed by atoms with Crippen LogP contribution in [0.3, 0.4) is 0 Å². The molecule has 1 fully saturated rings. The molecule has 0 radical (unpaired) electrons. The molecule has 1 heterocycles. The summed E-state index contributed by atoms with van der Waals surface area (Å²) in [5, 5.41) is 5.07. The van der Waals surface area contributed by atoms with E-state index >= 15 is 0 Å². The largest absolute Gasteiger partial charge is 0.313 e. The minimum atomic E-state index is 0.602. The summed E-state index contributed by atoms with van der Waals surface area (Å²) in [5.74, 6) is 0. The molecule has 4 heteroatoms. The van der Waals surface area contributed by atoms with Crippen LogP contribution in [-0.4, -0.2) is 31.1 Å². The Labute approximate surface area is 119 Å². The van der Waals surface area contributed by atoms with E-state index in [4.69, 9.17) is 23.2 Å². The van der Waals surface area contributed by atoms with Crippen LogP contribution in [0.1, 0.15) is 24.8 Å². The Morgan fingerprint density at radius 3 is 2.61 bits per heavy atom. The smallest absolute Gasteiger partial charge is 0.0465 e. The second-order valence-corrected chi connectivity index (χ2v) is 5.86. The molecule has 1 aliphatic rings. The Morgan fingerprint density at radius 2 is 2.00 bits per heavy atom. The number of hydrogen-bond donors (Lipinski definition) is 1. The van der Waals surface area contributed by atoms with Gasteiger partial charge in [0.25, 0.3) is 0 Å². The second-order valence-electron chi connectivity index (χ2n) is 5.04. The molecular weight excluding hydrogens is 267 g/mol. The first kappa shape index (κ1) is 14.1. The van der Waals surface area contributed by atoms with Gasteiger partial charge < -0.3 is 10.2 Å². The lowest BCUT2D eigenvalue weighted by molar-refractivity contribution is 0.256. The Morgan fingerprint density at radius 1 is 1.28 bits per heavy atom. The van der Waals surface area contributed by atoms with E-state index in [1.54, 1.807) is 0 Å². The van der Waals surface area contributed by atoms with Crippen molar-refractivity contribution in [2.45, 2.75) is 31.8 Å². The molecule has 2 nitrogen and oxygen atoms in total. The molecule has 1 saturated heterocycles. The maximum Gasteiger partial charge on any atom is 0.0465 e. The van der Waals surface area contributed by atoms with Gasteiger partial charge in [-0.15, -0.1) is 0 Å². The monoisotopic (exact) mass is 286 g/mol. The first-order valence-electron chi connectivity index (χ1n) is 6.51. The molecule has 100 valence electrons. The van der Waals surface area contributed by atoms with Crippen molar-refractivity contribution < 1.29 is 0 Å². The van der Waals surface area contributed by atoms with Gasteiger partial charge in [-0.1, -0.05) is 35.7 Å². The highest BCUT2D eigenvalue weighted by atomic mass is 35.5. The predicted molar refractivity (Wildman–Crippen MR) is 78.4 cm³/mol. The van der Waals surface area contributed by atoms with Crippen LogP contribution in [0.5, 0.6) is 0 Å². The number of piperidine rings is 1. The fourth-order valence-corrected chi connectivity index (χ4v) is 2.99. The Balaban J connectivity index is 1.92. The van der Waals surface area contributed by atoms with E-state index in [1.165, 1.54) is 19.3 Å². The van der Waals surface area contributed by atoms with Crippen molar-refractivity contribution in [2.24, 2.45) is 0 Å². The molecule has 0 aromatic heterocycles. The summed E-state index contributed by atoms with van der Waals surface area (Å²) in [6.07, 6.45) is 3.90. The van der Waals surface area contributed by atoms with Crippen molar-refractivity contribution in [2.75, 3.05) is 20.1 Å². The molecule has 0 aliphatic carbocycles. The van der Waals surface area contributed by atoms with Gasteiger partial charge in [0.05, 0.1) is 0 Å². The van der Waals surface area contributed by atoms with Gasteiger partial charge in [0.15, 0.2) is 0 Å². The first-order chi connectivity index (χ1) is 8.66. The van der Waals surface area contributed by atoms with Crippen LogP contribution in [0.25, 0.3) is 0 Å². The van der Waals surface area contributed by atoms with Crippen molar-refractivity contribution >= 4 is 23.2 Å². The van der Waals surface area contributed by atoms with Gasteiger partial charge in [-0.3, -0.25) is 0 Å². The van der Waals surface area contributed by atoms with Crippen molar-refractivity contribution in [1.29, 1.82) is 0 Å². The maximum absolute atomic E-state index is 6.19. The highest BCUT2D eigenvalue weighted by Crippen LogP contribution is 2.25. The fraction of sp³-hybridized carbons (Fsp3) is 0.571. The van der Waals surface area contributed by atoms with E-state index in [9.17, 15) is 0 Å². The Hall–Kier alpha value is -0.280. The van der Waals surface area contributed by atoms with Gasteiger partial charge in [-0.25, -0.2) is 0 Å². The zero-order chi connectivity index (χ0) is 13.0. The number of hydrogen-bond acceptors (Lipinski definition) is 2. The van der Waals surface area contributed by atoms with Gasteiger partial charge in [0.2, 0.25) is 0 Å². The molecule has 0 amide bonds. The number of nitrogens with one attached hydrogen (secondary N) is 1.